The Bertz CT molecular complexity index is 108. The van der Waals surface area contributed by atoms with E-state index in [4.69, 9.17) is 0 Å². The van der Waals surface area contributed by atoms with E-state index in [1.165, 1.54) is 25.7 Å². The fraction of sp³-hybridized carbons (Fsp3) is 0.778. The molecule has 0 heterocycles. The van der Waals surface area contributed by atoms with Crippen LogP contribution in [0.1, 0.15) is 39.0 Å². The minimum absolute atomic E-state index is 1.08. The zero-order valence-electron chi connectivity index (χ0n) is 6.94. The number of unbranched alkanes of at least 4 members (excludes halogenated alkanes) is 4. The lowest BCUT2D eigenvalue weighted by molar-refractivity contribution is 0.680. The maximum atomic E-state index is 3.11. The molecule has 0 N–H and O–H groups in total. The third-order valence-electron chi connectivity index (χ3n) is 1.33. The van der Waals surface area contributed by atoms with Crippen molar-refractivity contribution in [2.24, 2.45) is 0 Å². The van der Waals surface area contributed by atoms with Crippen molar-refractivity contribution in [3.05, 3.63) is 0 Å². The first kappa shape index (κ1) is 9.91. The number of hydrogen-bond donors (Lipinski definition) is 0. The highest BCUT2D eigenvalue weighted by atomic mass is 32.2. The van der Waals surface area contributed by atoms with Gasteiger partial charge in [-0.3, -0.25) is 0 Å². The Hall–Kier alpha value is -0.0900. The zero-order chi connectivity index (χ0) is 7.66. The lowest BCUT2D eigenvalue weighted by atomic mass is 10.2. The topological polar surface area (TPSA) is 0 Å². The van der Waals surface area contributed by atoms with Crippen molar-refractivity contribution in [1.82, 2.24) is 0 Å². The van der Waals surface area contributed by atoms with Gasteiger partial charge in [-0.2, -0.15) is 0 Å². The van der Waals surface area contributed by atoms with Gasteiger partial charge in [0.1, 0.15) is 0 Å². The Morgan fingerprint density at radius 3 is 2.60 bits per heavy atom. The summed E-state index contributed by atoms with van der Waals surface area (Å²) in [5.74, 6) is 3.11. The van der Waals surface area contributed by atoms with Crippen LogP contribution in [-0.4, -0.2) is 6.26 Å². The Kier molecular flexibility index (Phi) is 8.83. The molecule has 10 heavy (non-hydrogen) atoms. The van der Waals surface area contributed by atoms with Crippen molar-refractivity contribution in [1.29, 1.82) is 0 Å². The second-order valence-electron chi connectivity index (χ2n) is 2.29. The van der Waals surface area contributed by atoms with E-state index in [1.807, 2.05) is 6.26 Å². The Labute approximate surface area is 68.8 Å². The number of hydrogen-bond acceptors (Lipinski definition) is 1. The van der Waals surface area contributed by atoms with Crippen LogP contribution in [0.15, 0.2) is 0 Å². The van der Waals surface area contributed by atoms with E-state index in [9.17, 15) is 0 Å². The van der Waals surface area contributed by atoms with Gasteiger partial charge >= 0.3 is 0 Å². The molecule has 0 saturated carbocycles. The first-order valence-electron chi connectivity index (χ1n) is 3.92. The van der Waals surface area contributed by atoms with Crippen LogP contribution >= 0.6 is 11.8 Å². The van der Waals surface area contributed by atoms with Crippen molar-refractivity contribution in [3.8, 4) is 11.2 Å². The molecule has 0 amide bonds. The molecular weight excluding hydrogens is 140 g/mol. The molecule has 0 aliphatic carbocycles. The van der Waals surface area contributed by atoms with Crippen LogP contribution in [0.5, 0.6) is 0 Å². The molecule has 0 rings (SSSR count). The maximum Gasteiger partial charge on any atom is 0.00976 e. The normalized spacial score (nSPS) is 8.60. The van der Waals surface area contributed by atoms with Gasteiger partial charge in [-0.1, -0.05) is 43.9 Å². The van der Waals surface area contributed by atoms with Gasteiger partial charge in [-0.15, -0.1) is 0 Å². The minimum atomic E-state index is 1.08. The van der Waals surface area contributed by atoms with E-state index >= 15 is 0 Å². The fourth-order valence-corrected chi connectivity index (χ4v) is 1.01. The third kappa shape index (κ3) is 7.91. The highest BCUT2D eigenvalue weighted by Crippen LogP contribution is 2.01. The van der Waals surface area contributed by atoms with Crippen LogP contribution in [0.3, 0.4) is 0 Å². The van der Waals surface area contributed by atoms with Crippen LogP contribution in [0, 0.1) is 11.2 Å². The largest absolute Gasteiger partial charge is 0.0913 e. The summed E-state index contributed by atoms with van der Waals surface area (Å²) < 4.78 is 0. The summed E-state index contributed by atoms with van der Waals surface area (Å²) in [5.41, 5.74) is 0. The Morgan fingerprint density at radius 1 is 1.20 bits per heavy atom. The van der Waals surface area contributed by atoms with Crippen LogP contribution in [0.25, 0.3) is 0 Å². The van der Waals surface area contributed by atoms with E-state index < -0.39 is 0 Å². The average molecular weight is 156 g/mol. The standard InChI is InChI=1S/C9H16S/c1-3-4-5-6-7-8-9-10-2/h3-7H2,1-2H3. The second kappa shape index (κ2) is 8.91. The lowest BCUT2D eigenvalue weighted by Crippen LogP contribution is -1.73. The van der Waals surface area contributed by atoms with E-state index in [-0.39, 0.29) is 0 Å². The predicted molar refractivity (Wildman–Crippen MR) is 50.1 cm³/mol. The van der Waals surface area contributed by atoms with Gasteiger partial charge in [0.25, 0.3) is 0 Å². The summed E-state index contributed by atoms with van der Waals surface area (Å²) >= 11 is 1.60. The van der Waals surface area contributed by atoms with E-state index in [1.54, 1.807) is 11.8 Å². The summed E-state index contributed by atoms with van der Waals surface area (Å²) in [6, 6.07) is 0. The van der Waals surface area contributed by atoms with Crippen molar-refractivity contribution in [2.75, 3.05) is 6.26 Å². The molecule has 0 fully saturated rings. The predicted octanol–water partition coefficient (Wildman–Crippen LogP) is 3.28. The molecule has 0 aromatic carbocycles. The van der Waals surface area contributed by atoms with E-state index in [2.05, 4.69) is 18.1 Å². The van der Waals surface area contributed by atoms with Gasteiger partial charge in [0.2, 0.25) is 0 Å². The zero-order valence-corrected chi connectivity index (χ0v) is 7.76. The smallest absolute Gasteiger partial charge is 0.00976 e. The summed E-state index contributed by atoms with van der Waals surface area (Å²) in [7, 11) is 0. The second-order valence-corrected chi connectivity index (χ2v) is 2.91. The SMILES string of the molecule is CCCCCCC#CSC. The van der Waals surface area contributed by atoms with Crippen molar-refractivity contribution < 1.29 is 0 Å². The molecule has 0 aromatic heterocycles. The van der Waals surface area contributed by atoms with Gasteiger partial charge in [0.05, 0.1) is 0 Å². The summed E-state index contributed by atoms with van der Waals surface area (Å²) in [6.45, 7) is 2.23. The number of rotatable bonds is 4. The molecule has 0 aliphatic rings. The third-order valence-corrected chi connectivity index (χ3v) is 1.68. The molecular formula is C9H16S. The highest BCUT2D eigenvalue weighted by molar-refractivity contribution is 8.03. The van der Waals surface area contributed by atoms with Gasteiger partial charge in [-0.05, 0) is 17.9 Å². The monoisotopic (exact) mass is 156 g/mol. The first-order valence-corrected chi connectivity index (χ1v) is 5.15. The highest BCUT2D eigenvalue weighted by Gasteiger charge is 1.82. The average Bonchev–Trinajstić information content (AvgIpc) is 1.97. The molecule has 0 bridgehead atoms. The van der Waals surface area contributed by atoms with Crippen LogP contribution in [0.2, 0.25) is 0 Å². The van der Waals surface area contributed by atoms with Gasteiger partial charge in [0.15, 0.2) is 0 Å². The molecule has 0 radical (unpaired) electrons. The Balaban J connectivity index is 2.90. The van der Waals surface area contributed by atoms with Gasteiger partial charge in [0, 0.05) is 6.42 Å². The summed E-state index contributed by atoms with van der Waals surface area (Å²) in [6.07, 6.45) is 8.40. The lowest BCUT2D eigenvalue weighted by Gasteiger charge is -1.91. The molecule has 0 unspecified atom stereocenters. The Morgan fingerprint density at radius 2 is 2.00 bits per heavy atom. The van der Waals surface area contributed by atoms with Gasteiger partial charge < -0.3 is 0 Å². The molecule has 0 atom stereocenters. The fourth-order valence-electron chi connectivity index (χ4n) is 0.763. The molecule has 58 valence electrons. The molecule has 1 heteroatoms. The van der Waals surface area contributed by atoms with Crippen LogP contribution < -0.4 is 0 Å². The van der Waals surface area contributed by atoms with Crippen LogP contribution in [0.4, 0.5) is 0 Å². The first-order chi connectivity index (χ1) is 4.91. The maximum absolute atomic E-state index is 3.11. The van der Waals surface area contributed by atoms with E-state index in [0.717, 1.165) is 6.42 Å². The van der Waals surface area contributed by atoms with Crippen molar-refractivity contribution in [2.45, 2.75) is 39.0 Å². The van der Waals surface area contributed by atoms with E-state index in [0.29, 0.717) is 0 Å². The van der Waals surface area contributed by atoms with Crippen molar-refractivity contribution in [3.63, 3.8) is 0 Å². The van der Waals surface area contributed by atoms with Gasteiger partial charge in [-0.25, -0.2) is 0 Å². The molecule has 0 nitrogen and oxygen atoms in total. The van der Waals surface area contributed by atoms with Crippen LogP contribution in [-0.2, 0) is 0 Å². The van der Waals surface area contributed by atoms with Crippen molar-refractivity contribution >= 4 is 11.8 Å². The number of thioether (sulfide) groups is 1. The minimum Gasteiger partial charge on any atom is -0.0913 e. The molecule has 0 saturated heterocycles. The quantitative estimate of drug-likeness (QED) is 0.444. The molecule has 0 aromatic rings. The summed E-state index contributed by atoms with van der Waals surface area (Å²) in [5, 5.41) is 2.99. The molecule has 0 spiro atoms. The summed E-state index contributed by atoms with van der Waals surface area (Å²) in [4.78, 5) is 0. The molecule has 0 aliphatic heterocycles.